The maximum atomic E-state index is 13.4. The minimum atomic E-state index is -5.92. The number of nitrogens with zero attached hydrogens (tertiary/aromatic N) is 2. The molecule has 0 atom stereocenters. The molecule has 0 amide bonds. The predicted molar refractivity (Wildman–Crippen MR) is 230 cm³/mol. The molecule has 292 valence electrons. The molecule has 0 saturated carbocycles. The Labute approximate surface area is 338 Å². The van der Waals surface area contributed by atoms with Crippen LogP contribution in [0.3, 0.4) is 0 Å². The number of hydrogen-bond donors (Lipinski definition) is 2. The summed E-state index contributed by atoms with van der Waals surface area (Å²) in [5.74, 6) is -0.487. The quantitative estimate of drug-likeness (QED) is 0.129. The number of alkyl halides is 3. The van der Waals surface area contributed by atoms with Crippen LogP contribution in [0, 0.1) is 20.8 Å². The first-order valence-corrected chi connectivity index (χ1v) is 20.2. The lowest BCUT2D eigenvalue weighted by atomic mass is 10.0. The van der Waals surface area contributed by atoms with Gasteiger partial charge in [0.05, 0.1) is 22.8 Å². The Morgan fingerprint density at radius 1 is 0.475 bits per heavy atom. The van der Waals surface area contributed by atoms with Gasteiger partial charge in [0.2, 0.25) is 0 Å². The standard InChI is InChI=1S/C48H35F3N4O3S/c1-28-7-13-31(14-8-28)44-36-19-21-38(52-36)45(32-15-9-29(2)10-16-32)40-23-25-42(54-40)47(34-5-4-6-35(27-34)58-59(56,57)48(49,50)51)43-26-24-41(55-43)46(39-22-20-37(44)53-39)33-17-11-30(3)12-18-33/h4-27,54-55H,1-3H3. The zero-order chi connectivity index (χ0) is 41.1. The molecule has 2 aliphatic heterocycles. The number of aryl methyl sites for hydroxylation is 3. The van der Waals surface area contributed by atoms with E-state index in [0.29, 0.717) is 33.5 Å². The second-order valence-electron chi connectivity index (χ2n) is 14.6. The molecule has 2 aliphatic rings. The van der Waals surface area contributed by atoms with E-state index in [1.807, 2.05) is 111 Å². The zero-order valence-electron chi connectivity index (χ0n) is 32.0. The normalized spacial score (nSPS) is 12.6. The van der Waals surface area contributed by atoms with Crippen LogP contribution in [-0.2, 0) is 10.1 Å². The monoisotopic (exact) mass is 804 g/mol. The molecule has 8 bridgehead atoms. The van der Waals surface area contributed by atoms with Gasteiger partial charge in [-0.1, -0.05) is 102 Å². The molecule has 0 radical (unpaired) electrons. The van der Waals surface area contributed by atoms with Crippen molar-refractivity contribution in [2.45, 2.75) is 26.3 Å². The Hall–Kier alpha value is -6.98. The average molecular weight is 805 g/mol. The molecule has 11 heteroatoms. The van der Waals surface area contributed by atoms with Crippen molar-refractivity contribution in [3.05, 3.63) is 161 Å². The molecule has 9 rings (SSSR count). The van der Waals surface area contributed by atoms with E-state index < -0.39 is 21.4 Å². The molecule has 0 aliphatic carbocycles. The topological polar surface area (TPSA) is 101 Å². The van der Waals surface area contributed by atoms with Gasteiger partial charge in [-0.3, -0.25) is 0 Å². The highest BCUT2D eigenvalue weighted by atomic mass is 32.2. The van der Waals surface area contributed by atoms with Gasteiger partial charge >= 0.3 is 15.6 Å². The Morgan fingerprint density at radius 2 is 0.847 bits per heavy atom. The SMILES string of the molecule is Cc1ccc(-c2c3nc(c(-c4ccc(C)cc4)c4ccc([nH]4)c(-c4cccc(OS(=O)(=O)C(F)(F)F)c4)c4ccc([nH]4)c(-c4ccc(C)cc4)c4nc2C=C4)C=C3)cc1. The molecular formula is C48H35F3N4O3S. The maximum Gasteiger partial charge on any atom is 0.534 e. The third kappa shape index (κ3) is 7.14. The van der Waals surface area contributed by atoms with Gasteiger partial charge in [-0.15, -0.1) is 0 Å². The summed E-state index contributed by atoms with van der Waals surface area (Å²) < 4.78 is 69.1. The van der Waals surface area contributed by atoms with Crippen molar-refractivity contribution in [3.63, 3.8) is 0 Å². The number of nitrogens with one attached hydrogen (secondary N) is 2. The fraction of sp³-hybridized carbons (Fsp3) is 0.0833. The minimum absolute atomic E-state index is 0.399. The van der Waals surface area contributed by atoms with E-state index in [9.17, 15) is 21.6 Å². The largest absolute Gasteiger partial charge is 0.534 e. The molecule has 0 fully saturated rings. The summed E-state index contributed by atoms with van der Waals surface area (Å²) >= 11 is 0. The van der Waals surface area contributed by atoms with E-state index in [-0.39, 0.29) is 0 Å². The van der Waals surface area contributed by atoms with Crippen molar-refractivity contribution in [2.75, 3.05) is 0 Å². The van der Waals surface area contributed by atoms with Crippen LogP contribution >= 0.6 is 0 Å². The van der Waals surface area contributed by atoms with Crippen LogP contribution in [0.2, 0.25) is 0 Å². The van der Waals surface area contributed by atoms with Crippen LogP contribution in [0.1, 0.15) is 39.5 Å². The summed E-state index contributed by atoms with van der Waals surface area (Å²) in [5.41, 5.74) is 9.56. The lowest BCUT2D eigenvalue weighted by molar-refractivity contribution is -0.0500. The summed E-state index contributed by atoms with van der Waals surface area (Å²) in [6.07, 6.45) is 8.01. The molecule has 5 heterocycles. The number of aromatic nitrogens is 4. The van der Waals surface area contributed by atoms with Gasteiger partial charge < -0.3 is 14.2 Å². The predicted octanol–water partition coefficient (Wildman–Crippen LogP) is 12.5. The van der Waals surface area contributed by atoms with Gasteiger partial charge in [-0.05, 0) is 104 Å². The first-order valence-electron chi connectivity index (χ1n) is 18.8. The highest BCUT2D eigenvalue weighted by molar-refractivity contribution is 7.88. The van der Waals surface area contributed by atoms with E-state index in [1.165, 1.54) is 18.2 Å². The fourth-order valence-electron chi connectivity index (χ4n) is 7.46. The number of rotatable bonds is 6. The first kappa shape index (κ1) is 37.6. The number of hydrogen-bond acceptors (Lipinski definition) is 5. The van der Waals surface area contributed by atoms with E-state index in [4.69, 9.17) is 9.97 Å². The molecule has 0 saturated heterocycles. The van der Waals surface area contributed by atoms with Crippen LogP contribution in [0.25, 0.3) is 90.9 Å². The van der Waals surface area contributed by atoms with Crippen molar-refractivity contribution in [2.24, 2.45) is 0 Å². The Balaban J connectivity index is 1.42. The molecule has 0 unspecified atom stereocenters. The molecule has 7 nitrogen and oxygen atoms in total. The Kier molecular flexibility index (Phi) is 9.20. The lowest BCUT2D eigenvalue weighted by Crippen LogP contribution is -2.28. The van der Waals surface area contributed by atoms with Gasteiger partial charge in [0.1, 0.15) is 5.75 Å². The summed E-state index contributed by atoms with van der Waals surface area (Å²) in [4.78, 5) is 17.8. The summed E-state index contributed by atoms with van der Waals surface area (Å²) in [6.45, 7) is 6.10. The Morgan fingerprint density at radius 3 is 1.25 bits per heavy atom. The second-order valence-corrected chi connectivity index (χ2v) is 16.1. The van der Waals surface area contributed by atoms with E-state index in [1.54, 1.807) is 6.07 Å². The van der Waals surface area contributed by atoms with Gasteiger partial charge in [0.25, 0.3) is 0 Å². The van der Waals surface area contributed by atoms with Gasteiger partial charge in [0, 0.05) is 44.3 Å². The van der Waals surface area contributed by atoms with E-state index in [2.05, 4.69) is 45.3 Å². The number of benzene rings is 4. The lowest BCUT2D eigenvalue weighted by Gasteiger charge is -2.11. The molecular weight excluding hydrogens is 770 g/mol. The van der Waals surface area contributed by atoms with Crippen molar-refractivity contribution in [1.29, 1.82) is 0 Å². The first-order chi connectivity index (χ1) is 28.3. The molecule has 0 spiro atoms. The maximum absolute atomic E-state index is 13.4. The number of fused-ring (bicyclic) bond motifs is 8. The second kappa shape index (κ2) is 14.4. The van der Waals surface area contributed by atoms with E-state index >= 15 is 0 Å². The smallest absolute Gasteiger partial charge is 0.376 e. The van der Waals surface area contributed by atoms with Crippen LogP contribution in [0.15, 0.2) is 121 Å². The average Bonchev–Trinajstić information content (AvgIpc) is 4.04. The zero-order valence-corrected chi connectivity index (χ0v) is 32.8. The van der Waals surface area contributed by atoms with Crippen molar-refractivity contribution < 1.29 is 25.8 Å². The Bertz CT molecular complexity index is 3000. The third-order valence-corrected chi connectivity index (χ3v) is 11.4. The van der Waals surface area contributed by atoms with Gasteiger partial charge in [-0.2, -0.15) is 21.6 Å². The summed E-state index contributed by atoms with van der Waals surface area (Å²) in [6, 6.07) is 37.9. The van der Waals surface area contributed by atoms with Crippen molar-refractivity contribution in [1.82, 2.24) is 19.9 Å². The number of H-pyrrole nitrogens is 2. The molecule has 3 aromatic heterocycles. The molecule has 2 N–H and O–H groups in total. The van der Waals surface area contributed by atoms with Crippen LogP contribution < -0.4 is 4.18 Å². The van der Waals surface area contributed by atoms with Crippen molar-refractivity contribution >= 4 is 56.5 Å². The van der Waals surface area contributed by atoms with Crippen LogP contribution in [-0.4, -0.2) is 33.9 Å². The number of aromatic amines is 2. The fourth-order valence-corrected chi connectivity index (χ4v) is 7.91. The highest BCUT2D eigenvalue weighted by Crippen LogP contribution is 2.39. The van der Waals surface area contributed by atoms with Crippen LogP contribution in [0.4, 0.5) is 13.2 Å². The molecule has 7 aromatic rings. The van der Waals surface area contributed by atoms with Gasteiger partial charge in [0.15, 0.2) is 0 Å². The summed E-state index contributed by atoms with van der Waals surface area (Å²) in [5, 5.41) is 0. The number of halogens is 3. The summed E-state index contributed by atoms with van der Waals surface area (Å²) in [7, 11) is -5.92. The van der Waals surface area contributed by atoms with Crippen molar-refractivity contribution in [3.8, 4) is 50.3 Å². The molecule has 4 aromatic carbocycles. The minimum Gasteiger partial charge on any atom is -0.376 e. The third-order valence-electron chi connectivity index (χ3n) is 10.4. The van der Waals surface area contributed by atoms with E-state index in [0.717, 1.165) is 72.5 Å². The highest BCUT2D eigenvalue weighted by Gasteiger charge is 2.48. The molecule has 59 heavy (non-hydrogen) atoms. The van der Waals surface area contributed by atoms with Crippen LogP contribution in [0.5, 0.6) is 5.75 Å². The van der Waals surface area contributed by atoms with Gasteiger partial charge in [-0.25, -0.2) is 9.97 Å².